The molecule has 0 aromatic carbocycles. The van der Waals surface area contributed by atoms with Crippen molar-refractivity contribution in [1.82, 2.24) is 15.1 Å². The van der Waals surface area contributed by atoms with E-state index in [-0.39, 0.29) is 0 Å². The molecule has 1 heterocycles. The predicted molar refractivity (Wildman–Crippen MR) is 84.7 cm³/mol. The largest absolute Gasteiger partial charge is 0.319 e. The van der Waals surface area contributed by atoms with Crippen LogP contribution in [0.3, 0.4) is 0 Å². The topological polar surface area (TPSA) is 18.5 Å². The minimum absolute atomic E-state index is 0.433. The van der Waals surface area contributed by atoms with Crippen LogP contribution in [-0.4, -0.2) is 62.2 Å². The fourth-order valence-corrected chi connectivity index (χ4v) is 3.41. The molecular formula is C16H35N3. The number of nitrogens with zero attached hydrogens (tertiary/aromatic N) is 2. The summed E-state index contributed by atoms with van der Waals surface area (Å²) in [4.78, 5) is 5.32. The third kappa shape index (κ3) is 5.41. The molecule has 0 aromatic rings. The van der Waals surface area contributed by atoms with Crippen LogP contribution in [0.1, 0.15) is 47.0 Å². The maximum Gasteiger partial charge on any atom is 0.0113 e. The van der Waals surface area contributed by atoms with Crippen molar-refractivity contribution in [2.24, 2.45) is 5.41 Å². The summed E-state index contributed by atoms with van der Waals surface area (Å²) >= 11 is 0. The average molecular weight is 269 g/mol. The monoisotopic (exact) mass is 269 g/mol. The number of nitrogens with one attached hydrogen (secondary N) is 1. The summed E-state index contributed by atoms with van der Waals surface area (Å²) in [6.45, 7) is 16.7. The normalized spacial score (nSPS) is 23.2. The highest BCUT2D eigenvalue weighted by Gasteiger charge is 2.28. The summed E-state index contributed by atoms with van der Waals surface area (Å²) in [6, 6.07) is 0.751. The highest BCUT2D eigenvalue weighted by Crippen LogP contribution is 2.24. The van der Waals surface area contributed by atoms with Gasteiger partial charge >= 0.3 is 0 Å². The molecular weight excluding hydrogens is 234 g/mol. The lowest BCUT2D eigenvalue weighted by atomic mass is 9.84. The SMILES string of the molecule is CCCC(C)(CNC)CN1CCN(C(C)CC)CC1. The maximum absolute atomic E-state index is 3.38. The molecule has 0 bridgehead atoms. The highest BCUT2D eigenvalue weighted by molar-refractivity contribution is 4.83. The van der Waals surface area contributed by atoms with E-state index in [0.29, 0.717) is 5.41 Å². The lowest BCUT2D eigenvalue weighted by Gasteiger charge is -2.42. The van der Waals surface area contributed by atoms with Crippen molar-refractivity contribution in [3.05, 3.63) is 0 Å². The highest BCUT2D eigenvalue weighted by atomic mass is 15.3. The molecule has 0 spiro atoms. The Kier molecular flexibility index (Phi) is 7.33. The number of hydrogen-bond acceptors (Lipinski definition) is 3. The zero-order chi connectivity index (χ0) is 14.3. The van der Waals surface area contributed by atoms with Crippen LogP contribution in [0.4, 0.5) is 0 Å². The third-order valence-corrected chi connectivity index (χ3v) is 4.68. The summed E-state index contributed by atoms with van der Waals surface area (Å²) in [6.07, 6.45) is 3.87. The molecule has 0 amide bonds. The minimum Gasteiger partial charge on any atom is -0.319 e. The Morgan fingerprint density at radius 1 is 1.16 bits per heavy atom. The van der Waals surface area contributed by atoms with Crippen LogP contribution in [-0.2, 0) is 0 Å². The molecule has 1 fully saturated rings. The van der Waals surface area contributed by atoms with E-state index in [1.807, 2.05) is 0 Å². The van der Waals surface area contributed by atoms with E-state index in [2.05, 4.69) is 49.9 Å². The Labute approximate surface area is 120 Å². The summed E-state index contributed by atoms with van der Waals surface area (Å²) in [5.41, 5.74) is 0.433. The van der Waals surface area contributed by atoms with E-state index in [9.17, 15) is 0 Å². The fraction of sp³-hybridized carbons (Fsp3) is 1.00. The second-order valence-corrected chi connectivity index (χ2v) is 6.66. The van der Waals surface area contributed by atoms with Crippen molar-refractivity contribution in [3.8, 4) is 0 Å². The Morgan fingerprint density at radius 2 is 1.79 bits per heavy atom. The zero-order valence-electron chi connectivity index (χ0n) is 13.8. The second kappa shape index (κ2) is 8.23. The van der Waals surface area contributed by atoms with Gasteiger partial charge in [0.25, 0.3) is 0 Å². The molecule has 2 unspecified atom stereocenters. The van der Waals surface area contributed by atoms with Crippen molar-refractivity contribution in [2.45, 2.75) is 53.0 Å². The molecule has 0 saturated carbocycles. The van der Waals surface area contributed by atoms with E-state index in [0.717, 1.165) is 12.6 Å². The molecule has 1 N–H and O–H groups in total. The van der Waals surface area contributed by atoms with Gasteiger partial charge in [0.1, 0.15) is 0 Å². The second-order valence-electron chi connectivity index (χ2n) is 6.66. The molecule has 1 saturated heterocycles. The first-order valence-electron chi connectivity index (χ1n) is 8.15. The van der Waals surface area contributed by atoms with E-state index in [1.54, 1.807) is 0 Å². The van der Waals surface area contributed by atoms with Crippen LogP contribution in [0.25, 0.3) is 0 Å². The van der Waals surface area contributed by atoms with Crippen LogP contribution in [0.15, 0.2) is 0 Å². The molecule has 1 aliphatic rings. The minimum atomic E-state index is 0.433. The van der Waals surface area contributed by atoms with Crippen LogP contribution in [0, 0.1) is 5.41 Å². The van der Waals surface area contributed by atoms with Gasteiger partial charge in [0, 0.05) is 45.3 Å². The van der Waals surface area contributed by atoms with Gasteiger partial charge in [-0.3, -0.25) is 4.90 Å². The van der Waals surface area contributed by atoms with Crippen molar-refractivity contribution in [3.63, 3.8) is 0 Å². The fourth-order valence-electron chi connectivity index (χ4n) is 3.41. The van der Waals surface area contributed by atoms with Crippen LogP contribution in [0.5, 0.6) is 0 Å². The molecule has 1 aliphatic heterocycles. The van der Waals surface area contributed by atoms with Gasteiger partial charge < -0.3 is 10.2 Å². The number of hydrogen-bond donors (Lipinski definition) is 1. The van der Waals surface area contributed by atoms with Gasteiger partial charge in [-0.05, 0) is 32.2 Å². The first-order valence-corrected chi connectivity index (χ1v) is 8.15. The van der Waals surface area contributed by atoms with Gasteiger partial charge in [-0.1, -0.05) is 27.2 Å². The van der Waals surface area contributed by atoms with Crippen molar-refractivity contribution < 1.29 is 0 Å². The standard InChI is InChI=1S/C16H35N3/c1-6-8-16(4,13-17-5)14-18-9-11-19(12-10-18)15(3)7-2/h15,17H,6-14H2,1-5H3. The zero-order valence-corrected chi connectivity index (χ0v) is 13.8. The van der Waals surface area contributed by atoms with Gasteiger partial charge in [-0.25, -0.2) is 0 Å². The molecule has 2 atom stereocenters. The van der Waals surface area contributed by atoms with Crippen LogP contribution >= 0.6 is 0 Å². The summed E-state index contributed by atoms with van der Waals surface area (Å²) in [5.74, 6) is 0. The molecule has 3 heteroatoms. The lowest BCUT2D eigenvalue weighted by molar-refractivity contribution is 0.0676. The van der Waals surface area contributed by atoms with Crippen LogP contribution in [0.2, 0.25) is 0 Å². The average Bonchev–Trinajstić information content (AvgIpc) is 2.39. The summed E-state index contributed by atoms with van der Waals surface area (Å²) < 4.78 is 0. The van der Waals surface area contributed by atoms with Crippen molar-refractivity contribution >= 4 is 0 Å². The summed E-state index contributed by atoms with van der Waals surface area (Å²) in [7, 11) is 2.08. The van der Waals surface area contributed by atoms with Gasteiger partial charge in [-0.15, -0.1) is 0 Å². The Morgan fingerprint density at radius 3 is 2.26 bits per heavy atom. The van der Waals surface area contributed by atoms with Gasteiger partial charge in [0.15, 0.2) is 0 Å². The van der Waals surface area contributed by atoms with E-state index in [1.165, 1.54) is 52.0 Å². The summed E-state index contributed by atoms with van der Waals surface area (Å²) in [5, 5.41) is 3.38. The number of rotatable bonds is 8. The Hall–Kier alpha value is -0.120. The van der Waals surface area contributed by atoms with Gasteiger partial charge in [0.05, 0.1) is 0 Å². The third-order valence-electron chi connectivity index (χ3n) is 4.68. The quantitative estimate of drug-likeness (QED) is 0.730. The predicted octanol–water partition coefficient (Wildman–Crippen LogP) is 2.43. The lowest BCUT2D eigenvalue weighted by Crippen LogP contribution is -2.52. The van der Waals surface area contributed by atoms with Gasteiger partial charge in [-0.2, -0.15) is 0 Å². The maximum atomic E-state index is 3.38. The Balaban J connectivity index is 2.42. The van der Waals surface area contributed by atoms with Crippen molar-refractivity contribution in [1.29, 1.82) is 0 Å². The molecule has 114 valence electrons. The van der Waals surface area contributed by atoms with Gasteiger partial charge in [0.2, 0.25) is 0 Å². The van der Waals surface area contributed by atoms with E-state index < -0.39 is 0 Å². The molecule has 19 heavy (non-hydrogen) atoms. The van der Waals surface area contributed by atoms with E-state index >= 15 is 0 Å². The van der Waals surface area contributed by atoms with E-state index in [4.69, 9.17) is 0 Å². The molecule has 0 aliphatic carbocycles. The molecule has 0 radical (unpaired) electrons. The molecule has 3 nitrogen and oxygen atoms in total. The molecule has 0 aromatic heterocycles. The van der Waals surface area contributed by atoms with Crippen LogP contribution < -0.4 is 5.32 Å². The Bertz CT molecular complexity index is 228. The van der Waals surface area contributed by atoms with Crippen molar-refractivity contribution in [2.75, 3.05) is 46.3 Å². The first-order chi connectivity index (χ1) is 9.04. The smallest absolute Gasteiger partial charge is 0.0113 e. The molecule has 1 rings (SSSR count). The number of piperazine rings is 1. The first kappa shape index (κ1) is 16.9.